The molecule has 0 saturated carbocycles. The van der Waals surface area contributed by atoms with E-state index in [1.807, 2.05) is 18.2 Å². The summed E-state index contributed by atoms with van der Waals surface area (Å²) in [5.74, 6) is 0.407. The van der Waals surface area contributed by atoms with Gasteiger partial charge in [0.25, 0.3) is 0 Å². The number of halogens is 2. The fraction of sp³-hybridized carbons (Fsp3) is 0.278. The summed E-state index contributed by atoms with van der Waals surface area (Å²) in [6.45, 7) is 6.49. The van der Waals surface area contributed by atoms with Gasteiger partial charge in [-0.2, -0.15) is 0 Å². The van der Waals surface area contributed by atoms with Gasteiger partial charge in [0, 0.05) is 10.2 Å². The van der Waals surface area contributed by atoms with Crippen molar-refractivity contribution in [1.29, 1.82) is 0 Å². The Morgan fingerprint density at radius 3 is 2.48 bits per heavy atom. The highest BCUT2D eigenvalue weighted by Gasteiger charge is 2.18. The highest BCUT2D eigenvalue weighted by molar-refractivity contribution is 9.10. The molecular weight excluding hydrogens is 392 g/mol. The maximum absolute atomic E-state index is 6.12. The van der Waals surface area contributed by atoms with Crippen molar-refractivity contribution in [3.63, 3.8) is 0 Å². The van der Waals surface area contributed by atoms with Gasteiger partial charge in [-0.05, 0) is 70.3 Å². The van der Waals surface area contributed by atoms with Crippen molar-refractivity contribution in [3.05, 3.63) is 63.1 Å². The number of rotatable bonds is 4. The van der Waals surface area contributed by atoms with Gasteiger partial charge in [-0.15, -0.1) is 0 Å². The van der Waals surface area contributed by atoms with Crippen LogP contribution < -0.4 is 10.6 Å². The van der Waals surface area contributed by atoms with E-state index in [0.717, 1.165) is 10.2 Å². The topological polar surface area (TPSA) is 24.1 Å². The molecule has 0 heterocycles. The van der Waals surface area contributed by atoms with E-state index in [2.05, 4.69) is 71.6 Å². The molecule has 2 aromatic carbocycles. The molecule has 0 aliphatic heterocycles. The Morgan fingerprint density at radius 1 is 1.17 bits per heavy atom. The first-order valence-corrected chi connectivity index (χ1v) is 9.04. The van der Waals surface area contributed by atoms with Crippen LogP contribution in [0, 0.1) is 12.8 Å². The molecule has 122 valence electrons. The van der Waals surface area contributed by atoms with E-state index < -0.39 is 0 Å². The standard InChI is InChI=1S/C18H20BrClN2S/c1-11(2)17(14-7-5-4-6-12(14)3)22-18(23)21-13-8-9-15(19)16(20)10-13/h4-11,17H,1-3H3,(H2,21,22,23). The SMILES string of the molecule is Cc1ccccc1C(NC(=S)Nc1ccc(Br)c(Cl)c1)C(C)C. The monoisotopic (exact) mass is 410 g/mol. The highest BCUT2D eigenvalue weighted by Crippen LogP contribution is 2.27. The zero-order chi connectivity index (χ0) is 17.0. The third-order valence-corrected chi connectivity index (χ3v) is 5.11. The van der Waals surface area contributed by atoms with Gasteiger partial charge in [-0.25, -0.2) is 0 Å². The van der Waals surface area contributed by atoms with E-state index in [4.69, 9.17) is 23.8 Å². The third kappa shape index (κ3) is 4.93. The Balaban J connectivity index is 2.12. The normalized spacial score (nSPS) is 12.1. The molecule has 2 N–H and O–H groups in total. The summed E-state index contributed by atoms with van der Waals surface area (Å²) in [7, 11) is 0. The molecule has 0 aromatic heterocycles. The Labute approximate surface area is 156 Å². The summed E-state index contributed by atoms with van der Waals surface area (Å²) >= 11 is 15.0. The van der Waals surface area contributed by atoms with Crippen LogP contribution in [0.2, 0.25) is 5.02 Å². The molecule has 0 amide bonds. The van der Waals surface area contributed by atoms with Gasteiger partial charge in [-0.3, -0.25) is 0 Å². The van der Waals surface area contributed by atoms with Gasteiger partial charge in [0.1, 0.15) is 0 Å². The number of hydrogen-bond acceptors (Lipinski definition) is 1. The molecule has 5 heteroatoms. The summed E-state index contributed by atoms with van der Waals surface area (Å²) < 4.78 is 0.864. The van der Waals surface area contributed by atoms with E-state index in [-0.39, 0.29) is 6.04 Å². The van der Waals surface area contributed by atoms with Gasteiger partial charge in [0.2, 0.25) is 0 Å². The van der Waals surface area contributed by atoms with E-state index in [1.54, 1.807) is 0 Å². The van der Waals surface area contributed by atoms with Crippen LogP contribution in [0.4, 0.5) is 5.69 Å². The van der Waals surface area contributed by atoms with Crippen LogP contribution in [0.3, 0.4) is 0 Å². The lowest BCUT2D eigenvalue weighted by atomic mass is 9.93. The lowest BCUT2D eigenvalue weighted by molar-refractivity contribution is 0.471. The number of anilines is 1. The molecule has 0 radical (unpaired) electrons. The highest BCUT2D eigenvalue weighted by atomic mass is 79.9. The first kappa shape index (κ1) is 18.2. The van der Waals surface area contributed by atoms with Gasteiger partial charge < -0.3 is 10.6 Å². The van der Waals surface area contributed by atoms with Crippen molar-refractivity contribution in [1.82, 2.24) is 5.32 Å². The molecular formula is C18H20BrClN2S. The van der Waals surface area contributed by atoms with E-state index in [1.165, 1.54) is 11.1 Å². The zero-order valence-corrected chi connectivity index (χ0v) is 16.5. The van der Waals surface area contributed by atoms with Crippen LogP contribution >= 0.6 is 39.7 Å². The molecule has 1 unspecified atom stereocenters. The summed E-state index contributed by atoms with van der Waals surface area (Å²) in [6, 6.07) is 14.2. The molecule has 1 atom stereocenters. The van der Waals surface area contributed by atoms with Crippen molar-refractivity contribution in [3.8, 4) is 0 Å². The predicted molar refractivity (Wildman–Crippen MR) is 107 cm³/mol. The van der Waals surface area contributed by atoms with Gasteiger partial charge in [0.05, 0.1) is 11.1 Å². The Hall–Kier alpha value is -1.10. The van der Waals surface area contributed by atoms with Crippen molar-refractivity contribution >= 4 is 50.5 Å². The smallest absolute Gasteiger partial charge is 0.171 e. The Morgan fingerprint density at radius 2 is 1.87 bits per heavy atom. The van der Waals surface area contributed by atoms with Gasteiger partial charge in [0.15, 0.2) is 5.11 Å². The van der Waals surface area contributed by atoms with Crippen molar-refractivity contribution in [2.24, 2.45) is 5.92 Å². The second kappa shape index (κ2) is 8.13. The van der Waals surface area contributed by atoms with Crippen LogP contribution in [-0.2, 0) is 0 Å². The zero-order valence-electron chi connectivity index (χ0n) is 13.4. The minimum absolute atomic E-state index is 0.155. The number of benzene rings is 2. The molecule has 0 aliphatic carbocycles. The average molecular weight is 412 g/mol. The van der Waals surface area contributed by atoms with Crippen LogP contribution in [0.25, 0.3) is 0 Å². The number of hydrogen-bond donors (Lipinski definition) is 2. The first-order chi connectivity index (χ1) is 10.9. The van der Waals surface area contributed by atoms with E-state index in [0.29, 0.717) is 16.1 Å². The molecule has 23 heavy (non-hydrogen) atoms. The number of nitrogens with one attached hydrogen (secondary N) is 2. The van der Waals surface area contributed by atoms with Crippen LogP contribution in [0.5, 0.6) is 0 Å². The Kier molecular flexibility index (Phi) is 6.45. The second-order valence-corrected chi connectivity index (χ2v) is 7.48. The van der Waals surface area contributed by atoms with E-state index >= 15 is 0 Å². The fourth-order valence-corrected chi connectivity index (χ4v) is 3.09. The minimum Gasteiger partial charge on any atom is -0.355 e. The maximum atomic E-state index is 6.12. The minimum atomic E-state index is 0.155. The molecule has 0 spiro atoms. The summed E-state index contributed by atoms with van der Waals surface area (Å²) in [6.07, 6.45) is 0. The maximum Gasteiger partial charge on any atom is 0.171 e. The lowest BCUT2D eigenvalue weighted by Crippen LogP contribution is -2.35. The molecule has 2 aromatic rings. The summed E-state index contributed by atoms with van der Waals surface area (Å²) in [4.78, 5) is 0. The lowest BCUT2D eigenvalue weighted by Gasteiger charge is -2.26. The summed E-state index contributed by atoms with van der Waals surface area (Å²) in [5.41, 5.74) is 3.39. The van der Waals surface area contributed by atoms with Crippen molar-refractivity contribution in [2.75, 3.05) is 5.32 Å². The third-order valence-electron chi connectivity index (χ3n) is 3.65. The Bertz CT molecular complexity index is 703. The van der Waals surface area contributed by atoms with Crippen molar-refractivity contribution in [2.45, 2.75) is 26.8 Å². The van der Waals surface area contributed by atoms with Crippen LogP contribution in [-0.4, -0.2) is 5.11 Å². The predicted octanol–water partition coefficient (Wildman–Crippen LogP) is 6.09. The molecule has 0 bridgehead atoms. The van der Waals surface area contributed by atoms with Crippen molar-refractivity contribution < 1.29 is 0 Å². The number of thiocarbonyl (C=S) groups is 1. The molecule has 2 rings (SSSR count). The first-order valence-electron chi connectivity index (χ1n) is 7.46. The van der Waals surface area contributed by atoms with E-state index in [9.17, 15) is 0 Å². The average Bonchev–Trinajstić information content (AvgIpc) is 2.49. The quantitative estimate of drug-likeness (QED) is 0.595. The van der Waals surface area contributed by atoms with Gasteiger partial charge in [-0.1, -0.05) is 49.7 Å². The summed E-state index contributed by atoms with van der Waals surface area (Å²) in [5, 5.41) is 7.86. The molecule has 0 saturated heterocycles. The fourth-order valence-electron chi connectivity index (χ4n) is 2.42. The molecule has 0 fully saturated rings. The molecule has 2 nitrogen and oxygen atoms in total. The molecule has 0 aliphatic rings. The number of aryl methyl sites for hydroxylation is 1. The second-order valence-electron chi connectivity index (χ2n) is 5.81. The van der Waals surface area contributed by atoms with Gasteiger partial charge >= 0.3 is 0 Å². The van der Waals surface area contributed by atoms with Crippen LogP contribution in [0.15, 0.2) is 46.9 Å². The van der Waals surface area contributed by atoms with Crippen LogP contribution in [0.1, 0.15) is 31.0 Å². The largest absolute Gasteiger partial charge is 0.355 e.